The molecule has 1 rings (SSSR count). The molecule has 0 aliphatic rings. The van der Waals surface area contributed by atoms with Crippen molar-refractivity contribution in [1.29, 1.82) is 0 Å². The van der Waals surface area contributed by atoms with E-state index in [1.54, 1.807) is 0 Å². The van der Waals surface area contributed by atoms with Crippen LogP contribution in [-0.2, 0) is 11.3 Å². The van der Waals surface area contributed by atoms with Crippen LogP contribution in [0.5, 0.6) is 0 Å². The first-order chi connectivity index (χ1) is 5.18. The number of nitrogens with zero attached hydrogens (tertiary/aromatic N) is 1. The van der Waals surface area contributed by atoms with Crippen molar-refractivity contribution in [3.8, 4) is 0 Å². The zero-order valence-corrected chi connectivity index (χ0v) is 7.13. The lowest BCUT2D eigenvalue weighted by Crippen LogP contribution is -2.02. The molecule has 0 aliphatic heterocycles. The number of aromatic nitrogens is 1. The van der Waals surface area contributed by atoms with Gasteiger partial charge in [0.15, 0.2) is 0 Å². The number of aryl methyl sites for hydroxylation is 1. The van der Waals surface area contributed by atoms with E-state index < -0.39 is 0 Å². The summed E-state index contributed by atoms with van der Waals surface area (Å²) in [6.45, 7) is 6.39. The molecule has 0 spiro atoms. The molecule has 0 atom stereocenters. The summed E-state index contributed by atoms with van der Waals surface area (Å²) in [6.07, 6.45) is 0.243. The van der Waals surface area contributed by atoms with E-state index in [9.17, 15) is 0 Å². The monoisotopic (exact) mass is 155 g/mol. The van der Waals surface area contributed by atoms with E-state index in [1.165, 1.54) is 0 Å². The summed E-state index contributed by atoms with van der Waals surface area (Å²) in [5, 5.41) is 3.79. The molecular formula is C8H13NO2. The Hall–Kier alpha value is -0.830. The van der Waals surface area contributed by atoms with Gasteiger partial charge in [0.25, 0.3) is 0 Å². The molecule has 0 radical (unpaired) electrons. The van der Waals surface area contributed by atoms with Gasteiger partial charge in [0.2, 0.25) is 0 Å². The molecule has 3 nitrogen and oxygen atoms in total. The van der Waals surface area contributed by atoms with Crippen LogP contribution in [0.2, 0.25) is 0 Å². The lowest BCUT2D eigenvalue weighted by Gasteiger charge is -2.03. The fraction of sp³-hybridized carbons (Fsp3) is 0.625. The Bertz CT molecular complexity index is 218. The highest BCUT2D eigenvalue weighted by molar-refractivity contribution is 5.01. The summed E-state index contributed by atoms with van der Waals surface area (Å²) in [6, 6.07) is 1.88. The molecule has 0 N–H and O–H groups in total. The van der Waals surface area contributed by atoms with Crippen molar-refractivity contribution < 1.29 is 9.26 Å². The Morgan fingerprint density at radius 2 is 2.36 bits per heavy atom. The van der Waals surface area contributed by atoms with Gasteiger partial charge in [-0.1, -0.05) is 5.16 Å². The van der Waals surface area contributed by atoms with Crippen LogP contribution in [-0.4, -0.2) is 11.3 Å². The second kappa shape index (κ2) is 3.53. The van der Waals surface area contributed by atoms with E-state index in [4.69, 9.17) is 9.26 Å². The van der Waals surface area contributed by atoms with Gasteiger partial charge in [0.05, 0.1) is 12.7 Å². The van der Waals surface area contributed by atoms with Gasteiger partial charge in [-0.15, -0.1) is 0 Å². The standard InChI is InChI=1S/C8H13NO2/c1-6(2)10-5-8-4-7(3)11-9-8/h4,6H,5H2,1-3H3. The van der Waals surface area contributed by atoms with Crippen molar-refractivity contribution in [2.45, 2.75) is 33.5 Å². The maximum Gasteiger partial charge on any atom is 0.134 e. The summed E-state index contributed by atoms with van der Waals surface area (Å²) in [4.78, 5) is 0. The highest BCUT2D eigenvalue weighted by Gasteiger charge is 2.00. The summed E-state index contributed by atoms with van der Waals surface area (Å²) in [5.41, 5.74) is 0.858. The van der Waals surface area contributed by atoms with Crippen molar-refractivity contribution in [1.82, 2.24) is 5.16 Å². The van der Waals surface area contributed by atoms with Gasteiger partial charge < -0.3 is 9.26 Å². The maximum absolute atomic E-state index is 5.32. The summed E-state index contributed by atoms with van der Waals surface area (Å²) in [7, 11) is 0. The van der Waals surface area contributed by atoms with E-state index in [0.717, 1.165) is 11.5 Å². The number of hydrogen-bond donors (Lipinski definition) is 0. The normalized spacial score (nSPS) is 10.9. The Morgan fingerprint density at radius 1 is 1.64 bits per heavy atom. The highest BCUT2D eigenvalue weighted by Crippen LogP contribution is 2.04. The van der Waals surface area contributed by atoms with E-state index in [2.05, 4.69) is 5.16 Å². The minimum atomic E-state index is 0.243. The smallest absolute Gasteiger partial charge is 0.134 e. The topological polar surface area (TPSA) is 35.3 Å². The van der Waals surface area contributed by atoms with Gasteiger partial charge in [0.1, 0.15) is 11.5 Å². The van der Waals surface area contributed by atoms with Gasteiger partial charge in [-0.2, -0.15) is 0 Å². The van der Waals surface area contributed by atoms with Gasteiger partial charge in [-0.3, -0.25) is 0 Å². The predicted molar refractivity (Wildman–Crippen MR) is 41.2 cm³/mol. The molecule has 0 saturated heterocycles. The summed E-state index contributed by atoms with van der Waals surface area (Å²) < 4.78 is 10.2. The second-order valence-corrected chi connectivity index (χ2v) is 2.79. The van der Waals surface area contributed by atoms with Crippen LogP contribution in [0.15, 0.2) is 10.6 Å². The van der Waals surface area contributed by atoms with Crippen LogP contribution in [0.1, 0.15) is 25.3 Å². The van der Waals surface area contributed by atoms with Crippen LogP contribution < -0.4 is 0 Å². The highest BCUT2D eigenvalue weighted by atomic mass is 16.5. The largest absolute Gasteiger partial charge is 0.372 e. The average Bonchev–Trinajstić information content (AvgIpc) is 2.31. The second-order valence-electron chi connectivity index (χ2n) is 2.79. The molecule has 0 fully saturated rings. The van der Waals surface area contributed by atoms with Crippen LogP contribution in [0.25, 0.3) is 0 Å². The van der Waals surface area contributed by atoms with Gasteiger partial charge >= 0.3 is 0 Å². The molecule has 0 aliphatic carbocycles. The Morgan fingerprint density at radius 3 is 2.82 bits per heavy atom. The predicted octanol–water partition coefficient (Wildman–Crippen LogP) is 1.91. The molecule has 0 saturated carbocycles. The van der Waals surface area contributed by atoms with E-state index in [0.29, 0.717) is 6.61 Å². The number of hydrogen-bond acceptors (Lipinski definition) is 3. The van der Waals surface area contributed by atoms with Crippen molar-refractivity contribution in [2.75, 3.05) is 0 Å². The molecule has 0 bridgehead atoms. The minimum absolute atomic E-state index is 0.243. The Labute approximate surface area is 66.3 Å². The summed E-state index contributed by atoms with van der Waals surface area (Å²) in [5.74, 6) is 0.826. The first-order valence-corrected chi connectivity index (χ1v) is 3.72. The van der Waals surface area contributed by atoms with Crippen molar-refractivity contribution in [3.05, 3.63) is 17.5 Å². The van der Waals surface area contributed by atoms with Gasteiger partial charge in [0, 0.05) is 6.07 Å². The molecule has 11 heavy (non-hydrogen) atoms. The Kier molecular flexibility index (Phi) is 2.65. The van der Waals surface area contributed by atoms with Gasteiger partial charge in [-0.05, 0) is 20.8 Å². The molecule has 0 unspecified atom stereocenters. The third-order valence-corrected chi connectivity index (χ3v) is 1.24. The van der Waals surface area contributed by atoms with Gasteiger partial charge in [-0.25, -0.2) is 0 Å². The molecular weight excluding hydrogens is 142 g/mol. The molecule has 0 amide bonds. The lowest BCUT2D eigenvalue weighted by molar-refractivity contribution is 0.0619. The first kappa shape index (κ1) is 8.27. The minimum Gasteiger partial charge on any atom is -0.372 e. The number of ether oxygens (including phenoxy) is 1. The van der Waals surface area contributed by atoms with Crippen molar-refractivity contribution in [3.63, 3.8) is 0 Å². The van der Waals surface area contributed by atoms with Crippen molar-refractivity contribution >= 4 is 0 Å². The third-order valence-electron chi connectivity index (χ3n) is 1.24. The van der Waals surface area contributed by atoms with E-state index in [-0.39, 0.29) is 6.10 Å². The zero-order valence-electron chi connectivity index (χ0n) is 7.13. The molecule has 3 heteroatoms. The SMILES string of the molecule is Cc1cc(COC(C)C)no1. The Balaban J connectivity index is 2.39. The number of rotatable bonds is 3. The fourth-order valence-corrected chi connectivity index (χ4v) is 0.738. The first-order valence-electron chi connectivity index (χ1n) is 3.72. The molecule has 0 aromatic carbocycles. The van der Waals surface area contributed by atoms with Crippen LogP contribution in [0, 0.1) is 6.92 Å². The zero-order chi connectivity index (χ0) is 8.27. The molecule has 1 heterocycles. The van der Waals surface area contributed by atoms with E-state index >= 15 is 0 Å². The quantitative estimate of drug-likeness (QED) is 0.668. The van der Waals surface area contributed by atoms with Crippen LogP contribution in [0.3, 0.4) is 0 Å². The van der Waals surface area contributed by atoms with Crippen LogP contribution in [0.4, 0.5) is 0 Å². The summed E-state index contributed by atoms with van der Waals surface area (Å²) >= 11 is 0. The molecule has 62 valence electrons. The average molecular weight is 155 g/mol. The maximum atomic E-state index is 5.32. The fourth-order valence-electron chi connectivity index (χ4n) is 0.738. The van der Waals surface area contributed by atoms with E-state index in [1.807, 2.05) is 26.8 Å². The third kappa shape index (κ3) is 2.72. The van der Waals surface area contributed by atoms with Crippen molar-refractivity contribution in [2.24, 2.45) is 0 Å². The molecule has 1 aromatic rings. The molecule has 1 aromatic heterocycles. The lowest BCUT2D eigenvalue weighted by atomic mass is 10.4. The van der Waals surface area contributed by atoms with Crippen LogP contribution >= 0.6 is 0 Å².